The summed E-state index contributed by atoms with van der Waals surface area (Å²) in [6.45, 7) is 0. The molecule has 0 bridgehead atoms. The SMILES string of the molecule is CN1C=CCCC(Cl)=C1CBr. The molecule has 3 heteroatoms. The topological polar surface area (TPSA) is 3.24 Å². The van der Waals surface area contributed by atoms with Gasteiger partial charge in [-0.05, 0) is 19.0 Å². The number of hydrogen-bond acceptors (Lipinski definition) is 1. The van der Waals surface area contributed by atoms with Crippen LogP contribution in [0.15, 0.2) is 23.0 Å². The molecule has 0 aromatic heterocycles. The lowest BCUT2D eigenvalue weighted by molar-refractivity contribution is 0.572. The number of halogens is 2. The average molecular weight is 237 g/mol. The van der Waals surface area contributed by atoms with E-state index in [1.807, 2.05) is 7.05 Å². The Morgan fingerprint density at radius 2 is 2.45 bits per heavy atom. The molecule has 0 unspecified atom stereocenters. The van der Waals surface area contributed by atoms with Gasteiger partial charge in [0.1, 0.15) is 0 Å². The predicted octanol–water partition coefficient (Wildman–Crippen LogP) is 3.07. The molecular formula is C8H11BrClN. The highest BCUT2D eigenvalue weighted by Crippen LogP contribution is 2.23. The van der Waals surface area contributed by atoms with Crippen molar-refractivity contribution in [2.24, 2.45) is 0 Å². The van der Waals surface area contributed by atoms with Crippen LogP contribution >= 0.6 is 27.5 Å². The van der Waals surface area contributed by atoms with Gasteiger partial charge >= 0.3 is 0 Å². The van der Waals surface area contributed by atoms with Gasteiger partial charge in [-0.2, -0.15) is 0 Å². The molecule has 0 fully saturated rings. The van der Waals surface area contributed by atoms with Crippen LogP contribution in [0.5, 0.6) is 0 Å². The fraction of sp³-hybridized carbons (Fsp3) is 0.500. The van der Waals surface area contributed by atoms with E-state index in [2.05, 4.69) is 33.1 Å². The first-order chi connectivity index (χ1) is 5.25. The van der Waals surface area contributed by atoms with E-state index < -0.39 is 0 Å². The zero-order chi connectivity index (χ0) is 8.27. The fourth-order valence-electron chi connectivity index (χ4n) is 1.04. The normalized spacial score (nSPS) is 19.0. The zero-order valence-electron chi connectivity index (χ0n) is 6.48. The molecule has 0 aliphatic carbocycles. The van der Waals surface area contributed by atoms with Gasteiger partial charge in [0, 0.05) is 23.1 Å². The quantitative estimate of drug-likeness (QED) is 0.633. The summed E-state index contributed by atoms with van der Waals surface area (Å²) in [5, 5.41) is 1.79. The Balaban J connectivity index is 2.84. The second-order valence-corrected chi connectivity index (χ2v) is 3.54. The van der Waals surface area contributed by atoms with E-state index in [-0.39, 0.29) is 0 Å². The van der Waals surface area contributed by atoms with Crippen LogP contribution in [0.4, 0.5) is 0 Å². The zero-order valence-corrected chi connectivity index (χ0v) is 8.82. The van der Waals surface area contributed by atoms with Crippen molar-refractivity contribution in [2.75, 3.05) is 12.4 Å². The minimum atomic E-state index is 0.826. The van der Waals surface area contributed by atoms with Gasteiger partial charge in [0.05, 0.1) is 0 Å². The standard InChI is InChI=1S/C8H11BrClN/c1-11-5-3-2-4-7(10)8(11)6-9/h3,5H,2,4,6H2,1H3. The van der Waals surface area contributed by atoms with Crippen LogP contribution in [0.25, 0.3) is 0 Å². The molecule has 1 aliphatic rings. The lowest BCUT2D eigenvalue weighted by Gasteiger charge is -2.16. The average Bonchev–Trinajstić information content (AvgIpc) is 2.12. The monoisotopic (exact) mass is 235 g/mol. The Kier molecular flexibility index (Phi) is 3.46. The van der Waals surface area contributed by atoms with E-state index >= 15 is 0 Å². The van der Waals surface area contributed by atoms with Gasteiger partial charge in [0.15, 0.2) is 0 Å². The largest absolute Gasteiger partial charge is 0.353 e. The Bertz CT molecular complexity index is 198. The first-order valence-electron chi connectivity index (χ1n) is 3.58. The molecule has 0 amide bonds. The maximum Gasteiger partial charge on any atom is 0.0448 e. The van der Waals surface area contributed by atoms with Crippen molar-refractivity contribution < 1.29 is 0 Å². The van der Waals surface area contributed by atoms with Crippen LogP contribution in [0.3, 0.4) is 0 Å². The predicted molar refractivity (Wildman–Crippen MR) is 52.8 cm³/mol. The van der Waals surface area contributed by atoms with E-state index in [0.717, 1.165) is 23.2 Å². The Labute approximate surface area is 80.8 Å². The highest BCUT2D eigenvalue weighted by atomic mass is 79.9. The molecule has 1 rings (SSSR count). The highest BCUT2D eigenvalue weighted by molar-refractivity contribution is 9.09. The van der Waals surface area contributed by atoms with Crippen molar-refractivity contribution in [2.45, 2.75) is 12.8 Å². The molecule has 1 aliphatic heterocycles. The summed E-state index contributed by atoms with van der Waals surface area (Å²) in [5.74, 6) is 0. The second kappa shape index (κ2) is 4.17. The third-order valence-electron chi connectivity index (χ3n) is 1.72. The molecule has 1 heterocycles. The summed E-state index contributed by atoms with van der Waals surface area (Å²) in [6, 6.07) is 0. The Hall–Kier alpha value is 0.0500. The van der Waals surface area contributed by atoms with Gasteiger partial charge in [0.2, 0.25) is 0 Å². The molecule has 0 aromatic rings. The van der Waals surface area contributed by atoms with Crippen molar-refractivity contribution in [3.05, 3.63) is 23.0 Å². The Morgan fingerprint density at radius 3 is 3.09 bits per heavy atom. The molecule has 11 heavy (non-hydrogen) atoms. The summed E-state index contributed by atoms with van der Waals surface area (Å²) in [4.78, 5) is 2.06. The van der Waals surface area contributed by atoms with Gasteiger partial charge in [-0.3, -0.25) is 0 Å². The maximum atomic E-state index is 6.05. The van der Waals surface area contributed by atoms with Crippen molar-refractivity contribution in [1.29, 1.82) is 0 Å². The molecule has 0 N–H and O–H groups in total. The summed E-state index contributed by atoms with van der Waals surface area (Å²) in [6.07, 6.45) is 6.20. The van der Waals surface area contributed by atoms with Gasteiger partial charge in [-0.1, -0.05) is 33.6 Å². The minimum absolute atomic E-state index is 0.826. The second-order valence-electron chi connectivity index (χ2n) is 2.52. The fourth-order valence-corrected chi connectivity index (χ4v) is 2.24. The van der Waals surface area contributed by atoms with E-state index in [1.165, 1.54) is 5.70 Å². The highest BCUT2D eigenvalue weighted by Gasteiger charge is 2.08. The molecule has 0 aromatic carbocycles. The summed E-state index contributed by atoms with van der Waals surface area (Å²) < 4.78 is 0. The summed E-state index contributed by atoms with van der Waals surface area (Å²) in [5.41, 5.74) is 1.17. The van der Waals surface area contributed by atoms with Gasteiger partial charge in [-0.25, -0.2) is 0 Å². The molecule has 62 valence electrons. The minimum Gasteiger partial charge on any atom is -0.353 e. The lowest BCUT2D eigenvalue weighted by atomic mass is 10.3. The third kappa shape index (κ3) is 2.24. The molecule has 0 atom stereocenters. The van der Waals surface area contributed by atoms with E-state index in [1.54, 1.807) is 0 Å². The van der Waals surface area contributed by atoms with Crippen molar-refractivity contribution in [3.63, 3.8) is 0 Å². The van der Waals surface area contributed by atoms with E-state index in [0.29, 0.717) is 0 Å². The number of allylic oxidation sites excluding steroid dienone is 3. The first kappa shape index (κ1) is 9.14. The van der Waals surface area contributed by atoms with Crippen LogP contribution in [0.1, 0.15) is 12.8 Å². The number of alkyl halides is 1. The Morgan fingerprint density at radius 1 is 1.73 bits per heavy atom. The van der Waals surface area contributed by atoms with Crippen LogP contribution in [0, 0.1) is 0 Å². The van der Waals surface area contributed by atoms with Crippen LogP contribution in [-0.2, 0) is 0 Å². The van der Waals surface area contributed by atoms with E-state index in [4.69, 9.17) is 11.6 Å². The van der Waals surface area contributed by atoms with Crippen LogP contribution < -0.4 is 0 Å². The molecule has 1 nitrogen and oxygen atoms in total. The summed E-state index contributed by atoms with van der Waals surface area (Å²) >= 11 is 9.46. The van der Waals surface area contributed by atoms with Crippen LogP contribution in [0.2, 0.25) is 0 Å². The van der Waals surface area contributed by atoms with Gasteiger partial charge < -0.3 is 4.90 Å². The van der Waals surface area contributed by atoms with Crippen molar-refractivity contribution in [1.82, 2.24) is 4.90 Å². The molecule has 0 saturated carbocycles. The number of nitrogens with zero attached hydrogens (tertiary/aromatic N) is 1. The van der Waals surface area contributed by atoms with Gasteiger partial charge in [0.25, 0.3) is 0 Å². The number of hydrogen-bond donors (Lipinski definition) is 0. The smallest absolute Gasteiger partial charge is 0.0448 e. The number of rotatable bonds is 1. The molecule has 0 radical (unpaired) electrons. The van der Waals surface area contributed by atoms with Crippen molar-refractivity contribution in [3.8, 4) is 0 Å². The molecule has 0 spiro atoms. The van der Waals surface area contributed by atoms with Crippen molar-refractivity contribution >= 4 is 27.5 Å². The van der Waals surface area contributed by atoms with Crippen LogP contribution in [-0.4, -0.2) is 17.3 Å². The molecular weight excluding hydrogens is 225 g/mol. The van der Waals surface area contributed by atoms with E-state index in [9.17, 15) is 0 Å². The van der Waals surface area contributed by atoms with Gasteiger partial charge in [-0.15, -0.1) is 0 Å². The third-order valence-corrected chi connectivity index (χ3v) is 2.66. The lowest BCUT2D eigenvalue weighted by Crippen LogP contribution is -2.11. The summed E-state index contributed by atoms with van der Waals surface area (Å²) in [7, 11) is 2.01. The molecule has 0 saturated heterocycles. The maximum absolute atomic E-state index is 6.05. The first-order valence-corrected chi connectivity index (χ1v) is 5.08.